The maximum Gasteiger partial charge on any atom is 0.326 e. The summed E-state index contributed by atoms with van der Waals surface area (Å²) in [5.41, 5.74) is 2.22. The number of aromatic amines is 1. The largest absolute Gasteiger partial charge is 0.379 e. The minimum absolute atomic E-state index is 0.0530. The molecule has 0 atom stereocenters. The van der Waals surface area contributed by atoms with E-state index in [9.17, 15) is 4.79 Å². The number of imidazole rings is 1. The van der Waals surface area contributed by atoms with Gasteiger partial charge in [-0.3, -0.25) is 4.57 Å². The standard InChI is InChI=1S/C21H28N4O2/c1-3-27-18-7-5-16(6-8-18)24-12-10-17(11-13-24)25-20-14-15(22-2)4-9-19(20)23-21(25)26/h4,9,14,16-18H,3,5-8,10-13H2,1H3,(H,23,26). The number of aromatic nitrogens is 2. The molecule has 6 nitrogen and oxygen atoms in total. The molecule has 1 N–H and O–H groups in total. The van der Waals surface area contributed by atoms with Gasteiger partial charge >= 0.3 is 5.69 Å². The SMILES string of the molecule is [C-]#[N+]c1ccc2[nH]c(=O)n(C3CCN(C4CCC(OCC)CC4)CC3)c2c1. The van der Waals surface area contributed by atoms with Crippen LogP contribution >= 0.6 is 0 Å². The van der Waals surface area contributed by atoms with Crippen LogP contribution in [-0.4, -0.2) is 46.3 Å². The smallest absolute Gasteiger partial charge is 0.326 e. The van der Waals surface area contributed by atoms with Crippen molar-refractivity contribution in [2.75, 3.05) is 19.7 Å². The first-order valence-electron chi connectivity index (χ1n) is 10.2. The number of nitrogens with one attached hydrogen (secondary N) is 1. The van der Waals surface area contributed by atoms with Crippen molar-refractivity contribution in [3.63, 3.8) is 0 Å². The van der Waals surface area contributed by atoms with Crippen LogP contribution in [-0.2, 0) is 4.74 Å². The topological polar surface area (TPSA) is 54.6 Å². The number of ether oxygens (including phenoxy) is 1. The van der Waals surface area contributed by atoms with Crippen molar-refractivity contribution in [2.45, 2.75) is 63.6 Å². The van der Waals surface area contributed by atoms with E-state index < -0.39 is 0 Å². The lowest BCUT2D eigenvalue weighted by molar-refractivity contribution is 0.00796. The molecule has 1 aliphatic heterocycles. The van der Waals surface area contributed by atoms with Crippen LogP contribution < -0.4 is 5.69 Å². The van der Waals surface area contributed by atoms with Gasteiger partial charge in [0.15, 0.2) is 5.69 Å². The van der Waals surface area contributed by atoms with E-state index in [2.05, 4.69) is 21.7 Å². The summed E-state index contributed by atoms with van der Waals surface area (Å²) in [6.45, 7) is 12.2. The first-order chi connectivity index (χ1) is 13.2. The molecule has 0 unspecified atom stereocenters. The average molecular weight is 368 g/mol. The molecule has 2 aliphatic rings. The molecule has 2 heterocycles. The normalized spacial score (nSPS) is 24.9. The third-order valence-electron chi connectivity index (χ3n) is 6.26. The molecule has 0 amide bonds. The Morgan fingerprint density at radius 1 is 1.15 bits per heavy atom. The van der Waals surface area contributed by atoms with Gasteiger partial charge in [0.25, 0.3) is 0 Å². The van der Waals surface area contributed by atoms with Crippen LogP contribution in [0.15, 0.2) is 23.0 Å². The fourth-order valence-electron chi connectivity index (χ4n) is 4.86. The summed E-state index contributed by atoms with van der Waals surface area (Å²) in [4.78, 5) is 21.6. The Morgan fingerprint density at radius 2 is 1.89 bits per heavy atom. The summed E-state index contributed by atoms with van der Waals surface area (Å²) in [5, 5.41) is 0. The first kappa shape index (κ1) is 18.3. The number of fused-ring (bicyclic) bond motifs is 1. The quantitative estimate of drug-likeness (QED) is 0.834. The van der Waals surface area contributed by atoms with Gasteiger partial charge < -0.3 is 14.6 Å². The van der Waals surface area contributed by atoms with Gasteiger partial charge in [0.2, 0.25) is 0 Å². The van der Waals surface area contributed by atoms with Crippen LogP contribution in [0.4, 0.5) is 5.69 Å². The monoisotopic (exact) mass is 368 g/mol. The van der Waals surface area contributed by atoms with Crippen molar-refractivity contribution in [1.29, 1.82) is 0 Å². The second kappa shape index (κ2) is 7.87. The minimum Gasteiger partial charge on any atom is -0.379 e. The van der Waals surface area contributed by atoms with Crippen molar-refractivity contribution in [1.82, 2.24) is 14.5 Å². The van der Waals surface area contributed by atoms with E-state index in [-0.39, 0.29) is 11.7 Å². The number of likely N-dealkylation sites (tertiary alicyclic amines) is 1. The van der Waals surface area contributed by atoms with Gasteiger partial charge in [-0.15, -0.1) is 0 Å². The minimum atomic E-state index is -0.0530. The van der Waals surface area contributed by atoms with Crippen molar-refractivity contribution in [3.8, 4) is 0 Å². The van der Waals surface area contributed by atoms with E-state index in [4.69, 9.17) is 11.3 Å². The number of H-pyrrole nitrogens is 1. The zero-order chi connectivity index (χ0) is 18.8. The molecule has 1 aromatic heterocycles. The Bertz CT molecular complexity index is 878. The molecule has 1 saturated carbocycles. The van der Waals surface area contributed by atoms with Crippen LogP contribution in [0.25, 0.3) is 15.9 Å². The molecule has 1 aliphatic carbocycles. The lowest BCUT2D eigenvalue weighted by Crippen LogP contribution is -2.45. The number of hydrogen-bond acceptors (Lipinski definition) is 3. The van der Waals surface area contributed by atoms with E-state index in [1.165, 1.54) is 25.7 Å². The van der Waals surface area contributed by atoms with Gasteiger partial charge in [-0.2, -0.15) is 0 Å². The number of nitrogens with zero attached hydrogens (tertiary/aromatic N) is 3. The Kier molecular flexibility index (Phi) is 5.33. The maximum absolute atomic E-state index is 12.5. The Hall–Kier alpha value is -2.10. The van der Waals surface area contributed by atoms with Gasteiger partial charge in [0, 0.05) is 31.8 Å². The van der Waals surface area contributed by atoms with Gasteiger partial charge in [-0.05, 0) is 57.6 Å². The summed E-state index contributed by atoms with van der Waals surface area (Å²) in [5.74, 6) is 0. The molecule has 2 aromatic rings. The molecule has 6 heteroatoms. The molecule has 1 saturated heterocycles. The molecule has 0 spiro atoms. The second-order valence-corrected chi connectivity index (χ2v) is 7.77. The van der Waals surface area contributed by atoms with Gasteiger partial charge in [0.05, 0.1) is 23.7 Å². The summed E-state index contributed by atoms with van der Waals surface area (Å²) >= 11 is 0. The molecular formula is C21H28N4O2. The summed E-state index contributed by atoms with van der Waals surface area (Å²) in [6.07, 6.45) is 7.19. The van der Waals surface area contributed by atoms with Crippen molar-refractivity contribution in [3.05, 3.63) is 40.1 Å². The summed E-state index contributed by atoms with van der Waals surface area (Å²) < 4.78 is 7.66. The van der Waals surface area contributed by atoms with E-state index in [0.29, 0.717) is 17.8 Å². The van der Waals surface area contributed by atoms with Crippen molar-refractivity contribution in [2.24, 2.45) is 0 Å². The van der Waals surface area contributed by atoms with Crippen LogP contribution in [0, 0.1) is 6.57 Å². The lowest BCUT2D eigenvalue weighted by atomic mass is 9.90. The fourth-order valence-corrected chi connectivity index (χ4v) is 4.86. The van der Waals surface area contributed by atoms with E-state index in [1.807, 2.05) is 16.7 Å². The number of benzene rings is 1. The highest BCUT2D eigenvalue weighted by Gasteiger charge is 2.30. The molecule has 27 heavy (non-hydrogen) atoms. The fraction of sp³-hybridized carbons (Fsp3) is 0.619. The first-order valence-corrected chi connectivity index (χ1v) is 10.2. The molecular weight excluding hydrogens is 340 g/mol. The number of hydrogen-bond donors (Lipinski definition) is 1. The molecule has 1 aromatic carbocycles. The molecule has 0 bridgehead atoms. The summed E-state index contributed by atoms with van der Waals surface area (Å²) in [7, 11) is 0. The van der Waals surface area contributed by atoms with E-state index in [0.717, 1.165) is 43.6 Å². The third kappa shape index (κ3) is 3.67. The van der Waals surface area contributed by atoms with E-state index >= 15 is 0 Å². The zero-order valence-electron chi connectivity index (χ0n) is 16.0. The Labute approximate surface area is 159 Å². The molecule has 144 valence electrons. The van der Waals surface area contributed by atoms with Crippen molar-refractivity contribution >= 4 is 16.7 Å². The van der Waals surface area contributed by atoms with Gasteiger partial charge in [-0.1, -0.05) is 6.07 Å². The highest BCUT2D eigenvalue weighted by molar-refractivity contribution is 5.79. The van der Waals surface area contributed by atoms with Crippen LogP contribution in [0.3, 0.4) is 0 Å². The average Bonchev–Trinajstić information content (AvgIpc) is 3.04. The van der Waals surface area contributed by atoms with Crippen LogP contribution in [0.5, 0.6) is 0 Å². The molecule has 2 fully saturated rings. The van der Waals surface area contributed by atoms with Gasteiger partial charge in [0.1, 0.15) is 0 Å². The molecule has 4 rings (SSSR count). The highest BCUT2D eigenvalue weighted by Crippen LogP contribution is 2.31. The zero-order valence-corrected chi connectivity index (χ0v) is 16.0. The Balaban J connectivity index is 1.43. The van der Waals surface area contributed by atoms with Crippen LogP contribution in [0.2, 0.25) is 0 Å². The third-order valence-corrected chi connectivity index (χ3v) is 6.26. The maximum atomic E-state index is 12.5. The number of rotatable bonds is 4. The predicted molar refractivity (Wildman–Crippen MR) is 106 cm³/mol. The second-order valence-electron chi connectivity index (χ2n) is 7.77. The van der Waals surface area contributed by atoms with Crippen molar-refractivity contribution < 1.29 is 4.74 Å². The van der Waals surface area contributed by atoms with Crippen LogP contribution in [0.1, 0.15) is 51.5 Å². The van der Waals surface area contributed by atoms with E-state index in [1.54, 1.807) is 6.07 Å². The summed E-state index contributed by atoms with van der Waals surface area (Å²) in [6, 6.07) is 6.31. The number of piperidine rings is 1. The van der Waals surface area contributed by atoms with Gasteiger partial charge in [-0.25, -0.2) is 9.64 Å². The highest BCUT2D eigenvalue weighted by atomic mass is 16.5. The Morgan fingerprint density at radius 3 is 2.56 bits per heavy atom. The predicted octanol–water partition coefficient (Wildman–Crippen LogP) is 3.86. The lowest BCUT2D eigenvalue weighted by Gasteiger charge is -2.41. The molecule has 0 radical (unpaired) electrons.